The summed E-state index contributed by atoms with van der Waals surface area (Å²) in [5.41, 5.74) is -1.40. The van der Waals surface area contributed by atoms with Crippen molar-refractivity contribution in [2.45, 2.75) is 32.8 Å². The van der Waals surface area contributed by atoms with Gasteiger partial charge in [-0.2, -0.15) is 0 Å². The maximum Gasteiger partial charge on any atom is 0.310 e. The van der Waals surface area contributed by atoms with Crippen molar-refractivity contribution in [3.05, 3.63) is 29.8 Å². The maximum absolute atomic E-state index is 12.8. The molecule has 0 saturated carbocycles. The third kappa shape index (κ3) is 2.67. The third-order valence-electron chi connectivity index (χ3n) is 3.16. The number of aromatic nitrogens is 1. The van der Waals surface area contributed by atoms with Gasteiger partial charge in [0.2, 0.25) is 0 Å². The van der Waals surface area contributed by atoms with Crippen LogP contribution < -0.4 is 0 Å². The lowest BCUT2D eigenvalue weighted by molar-refractivity contribution is -0.157. The molecule has 0 amide bonds. The fourth-order valence-electron chi connectivity index (χ4n) is 2.23. The minimum Gasteiger partial charge on any atom is -0.481 e. The van der Waals surface area contributed by atoms with Gasteiger partial charge in [0.25, 0.3) is 0 Å². The summed E-state index contributed by atoms with van der Waals surface area (Å²) in [6, 6.07) is 2.50. The SMILES string of the molecule is CCC(O)(c1ccc(F)cn1)C(C(=O)O)C(C)C. The van der Waals surface area contributed by atoms with E-state index < -0.39 is 23.3 Å². The molecule has 0 aliphatic carbocycles. The molecule has 2 atom stereocenters. The Bertz CT molecular complexity index is 419. The van der Waals surface area contributed by atoms with Crippen LogP contribution in [0.15, 0.2) is 18.3 Å². The summed E-state index contributed by atoms with van der Waals surface area (Å²) in [4.78, 5) is 15.1. The van der Waals surface area contributed by atoms with Gasteiger partial charge in [-0.25, -0.2) is 4.39 Å². The zero-order valence-corrected chi connectivity index (χ0v) is 10.7. The van der Waals surface area contributed by atoms with Crippen molar-refractivity contribution in [2.75, 3.05) is 0 Å². The lowest BCUT2D eigenvalue weighted by atomic mass is 9.75. The predicted molar refractivity (Wildman–Crippen MR) is 64.3 cm³/mol. The maximum atomic E-state index is 12.8. The molecular weight excluding hydrogens is 237 g/mol. The minimum absolute atomic E-state index is 0.188. The van der Waals surface area contributed by atoms with Crippen LogP contribution in [-0.4, -0.2) is 21.2 Å². The topological polar surface area (TPSA) is 70.4 Å². The molecule has 1 heterocycles. The second-order valence-corrected chi connectivity index (χ2v) is 4.70. The van der Waals surface area contributed by atoms with E-state index in [1.54, 1.807) is 20.8 Å². The first-order valence-electron chi connectivity index (χ1n) is 5.90. The average Bonchev–Trinajstić information content (AvgIpc) is 2.28. The van der Waals surface area contributed by atoms with Crippen molar-refractivity contribution in [1.82, 2.24) is 4.98 Å². The van der Waals surface area contributed by atoms with Crippen LogP contribution in [0.1, 0.15) is 32.9 Å². The van der Waals surface area contributed by atoms with E-state index in [9.17, 15) is 19.4 Å². The zero-order chi connectivity index (χ0) is 13.9. The molecule has 1 aromatic heterocycles. The number of carboxylic acid groups (broad SMARTS) is 1. The molecule has 18 heavy (non-hydrogen) atoms. The summed E-state index contributed by atoms with van der Waals surface area (Å²) in [5.74, 6) is -2.85. The summed E-state index contributed by atoms with van der Waals surface area (Å²) in [6.07, 6.45) is 1.18. The van der Waals surface area contributed by atoms with E-state index in [4.69, 9.17) is 0 Å². The zero-order valence-electron chi connectivity index (χ0n) is 10.7. The van der Waals surface area contributed by atoms with Gasteiger partial charge in [-0.3, -0.25) is 9.78 Å². The van der Waals surface area contributed by atoms with Crippen LogP contribution in [-0.2, 0) is 10.4 Å². The molecule has 0 aliphatic rings. The monoisotopic (exact) mass is 255 g/mol. The number of nitrogens with zero attached hydrogens (tertiary/aromatic N) is 1. The van der Waals surface area contributed by atoms with Gasteiger partial charge >= 0.3 is 5.97 Å². The van der Waals surface area contributed by atoms with Crippen LogP contribution in [0.25, 0.3) is 0 Å². The molecule has 0 bridgehead atoms. The van der Waals surface area contributed by atoms with Crippen LogP contribution >= 0.6 is 0 Å². The summed E-state index contributed by atoms with van der Waals surface area (Å²) < 4.78 is 12.8. The van der Waals surface area contributed by atoms with Crippen molar-refractivity contribution in [3.8, 4) is 0 Å². The smallest absolute Gasteiger partial charge is 0.310 e. The van der Waals surface area contributed by atoms with Crippen molar-refractivity contribution in [3.63, 3.8) is 0 Å². The summed E-state index contributed by atoms with van der Waals surface area (Å²) in [7, 11) is 0. The van der Waals surface area contributed by atoms with Crippen LogP contribution in [0.2, 0.25) is 0 Å². The number of aliphatic carboxylic acids is 1. The molecule has 1 rings (SSSR count). The number of carbonyl (C=O) groups is 1. The molecule has 0 saturated heterocycles. The molecule has 0 radical (unpaired) electrons. The Morgan fingerprint density at radius 3 is 2.44 bits per heavy atom. The molecule has 0 fully saturated rings. The van der Waals surface area contributed by atoms with Gasteiger partial charge in [0.1, 0.15) is 11.4 Å². The van der Waals surface area contributed by atoms with E-state index in [-0.39, 0.29) is 18.0 Å². The number of rotatable bonds is 5. The Kier molecular flexibility index (Phi) is 4.40. The van der Waals surface area contributed by atoms with Gasteiger partial charge in [0, 0.05) is 0 Å². The first-order chi connectivity index (χ1) is 8.32. The Morgan fingerprint density at radius 2 is 2.11 bits per heavy atom. The molecule has 0 spiro atoms. The average molecular weight is 255 g/mol. The minimum atomic E-state index is -1.59. The molecule has 1 aromatic rings. The number of hydrogen-bond acceptors (Lipinski definition) is 3. The van der Waals surface area contributed by atoms with E-state index in [1.165, 1.54) is 12.1 Å². The molecular formula is C13H18FNO3. The van der Waals surface area contributed by atoms with Gasteiger partial charge in [0.05, 0.1) is 17.8 Å². The normalized spacial score (nSPS) is 16.3. The van der Waals surface area contributed by atoms with E-state index >= 15 is 0 Å². The highest BCUT2D eigenvalue weighted by Gasteiger charge is 2.44. The van der Waals surface area contributed by atoms with Crippen molar-refractivity contribution in [1.29, 1.82) is 0 Å². The lowest BCUT2D eigenvalue weighted by Crippen LogP contribution is -2.43. The standard InChI is InChI=1S/C13H18FNO3/c1-4-13(18,11(8(2)3)12(16)17)10-6-5-9(14)7-15-10/h5-8,11,18H,4H2,1-3H3,(H,16,17). The van der Waals surface area contributed by atoms with Crippen LogP contribution in [0.5, 0.6) is 0 Å². The number of carboxylic acids is 1. The van der Waals surface area contributed by atoms with Crippen molar-refractivity contribution >= 4 is 5.97 Å². The Balaban J connectivity index is 3.26. The molecule has 4 nitrogen and oxygen atoms in total. The van der Waals surface area contributed by atoms with E-state index in [0.29, 0.717) is 0 Å². The second kappa shape index (κ2) is 5.44. The third-order valence-corrected chi connectivity index (χ3v) is 3.16. The van der Waals surface area contributed by atoms with Gasteiger partial charge in [-0.15, -0.1) is 0 Å². The first-order valence-corrected chi connectivity index (χ1v) is 5.90. The summed E-state index contributed by atoms with van der Waals surface area (Å²) in [5, 5.41) is 19.9. The largest absolute Gasteiger partial charge is 0.481 e. The molecule has 2 N–H and O–H groups in total. The fraction of sp³-hybridized carbons (Fsp3) is 0.538. The first kappa shape index (κ1) is 14.6. The van der Waals surface area contributed by atoms with Crippen LogP contribution in [0, 0.1) is 17.7 Å². The Morgan fingerprint density at radius 1 is 1.50 bits per heavy atom. The number of hydrogen-bond donors (Lipinski definition) is 2. The van der Waals surface area contributed by atoms with E-state index in [2.05, 4.69) is 4.98 Å². The van der Waals surface area contributed by atoms with E-state index in [0.717, 1.165) is 6.20 Å². The summed E-state index contributed by atoms with van der Waals surface area (Å²) in [6.45, 7) is 5.13. The highest BCUT2D eigenvalue weighted by molar-refractivity contribution is 5.72. The van der Waals surface area contributed by atoms with Gasteiger partial charge < -0.3 is 10.2 Å². The molecule has 2 unspecified atom stereocenters. The van der Waals surface area contributed by atoms with E-state index in [1.807, 2.05) is 0 Å². The highest BCUT2D eigenvalue weighted by atomic mass is 19.1. The number of aliphatic hydroxyl groups is 1. The molecule has 0 aromatic carbocycles. The lowest BCUT2D eigenvalue weighted by Gasteiger charge is -2.34. The predicted octanol–water partition coefficient (Wildman–Crippen LogP) is 2.18. The van der Waals surface area contributed by atoms with Crippen LogP contribution in [0.4, 0.5) is 4.39 Å². The quantitative estimate of drug-likeness (QED) is 0.846. The number of halogens is 1. The number of pyridine rings is 1. The van der Waals surface area contributed by atoms with Gasteiger partial charge in [0.15, 0.2) is 0 Å². The van der Waals surface area contributed by atoms with Crippen molar-refractivity contribution < 1.29 is 19.4 Å². The Hall–Kier alpha value is -1.49. The highest BCUT2D eigenvalue weighted by Crippen LogP contribution is 2.36. The van der Waals surface area contributed by atoms with Gasteiger partial charge in [-0.05, 0) is 24.5 Å². The Labute approximate surface area is 105 Å². The second-order valence-electron chi connectivity index (χ2n) is 4.70. The molecule has 5 heteroatoms. The van der Waals surface area contributed by atoms with Crippen LogP contribution in [0.3, 0.4) is 0 Å². The molecule has 100 valence electrons. The van der Waals surface area contributed by atoms with Gasteiger partial charge in [-0.1, -0.05) is 20.8 Å². The summed E-state index contributed by atoms with van der Waals surface area (Å²) >= 11 is 0. The molecule has 0 aliphatic heterocycles. The fourth-order valence-corrected chi connectivity index (χ4v) is 2.23. The van der Waals surface area contributed by atoms with Crippen molar-refractivity contribution in [2.24, 2.45) is 11.8 Å².